The Balaban J connectivity index is 1.73. The minimum absolute atomic E-state index is 0.0242. The molecule has 0 unspecified atom stereocenters. The predicted octanol–water partition coefficient (Wildman–Crippen LogP) is 3.58. The van der Waals surface area contributed by atoms with Gasteiger partial charge in [0.1, 0.15) is 12.4 Å². The van der Waals surface area contributed by atoms with E-state index in [1.165, 1.54) is 11.3 Å². The largest absolute Gasteiger partial charge is 0.395 e. The van der Waals surface area contributed by atoms with Gasteiger partial charge in [-0.25, -0.2) is 0 Å². The standard InChI is InChI=1S/C38H66N4O7/c1-11-42(30(24-43)15-13-18-41-19-16-31-29(23-41)14-12-17-39-31)22-26(2)21-38(7,47-10)35(28(4)34(46)37(5,6)25-44)49-36-33(45)32(40(8)9)20-27(3)48-36/h12,14,17,25-28,30,32-33,35-36,43,45H,11,13,15-16,18-24H2,1-10H3/t26-,27-,28+,30+,32+,33-,35-,36+,38-/m1/s1. The zero-order valence-corrected chi connectivity index (χ0v) is 31.9. The van der Waals surface area contributed by atoms with Gasteiger partial charge in [0.25, 0.3) is 0 Å². The molecule has 0 bridgehead atoms. The summed E-state index contributed by atoms with van der Waals surface area (Å²) in [6, 6.07) is 4.01. The Morgan fingerprint density at radius 3 is 2.59 bits per heavy atom. The Bertz CT molecular complexity index is 1180. The number of likely N-dealkylation sites (N-methyl/N-ethyl adjacent to an activating group) is 2. The van der Waals surface area contributed by atoms with Gasteiger partial charge in [-0.1, -0.05) is 26.8 Å². The molecule has 11 nitrogen and oxygen atoms in total. The van der Waals surface area contributed by atoms with Crippen molar-refractivity contribution in [3.8, 4) is 0 Å². The van der Waals surface area contributed by atoms with Crippen LogP contribution in [0.3, 0.4) is 0 Å². The molecule has 1 aromatic rings. The summed E-state index contributed by atoms with van der Waals surface area (Å²) in [4.78, 5) is 37.0. The Morgan fingerprint density at radius 1 is 1.27 bits per heavy atom. The topological polar surface area (TPSA) is 125 Å². The summed E-state index contributed by atoms with van der Waals surface area (Å²) < 4.78 is 19.0. The molecule has 3 heterocycles. The number of Topliss-reactive ketones (excluding diaryl/α,β-unsaturated/α-hetero) is 1. The summed E-state index contributed by atoms with van der Waals surface area (Å²) >= 11 is 0. The SMILES string of the molecule is CCN(C[C@H](C)C[C@@](C)(OC)[C@H](O[C@@H]1O[C@H](C)C[C@H](N(C)C)[C@H]1O)[C@@H](C)C(=O)C(C)(C)C=O)[C@H](CO)CCCN1CCc2ncccc2C1. The second-order valence-corrected chi connectivity index (χ2v) is 15.6. The average molecular weight is 691 g/mol. The van der Waals surface area contributed by atoms with Crippen molar-refractivity contribution < 1.29 is 34.0 Å². The molecule has 1 aromatic heterocycles. The third-order valence-electron chi connectivity index (χ3n) is 10.9. The number of hydrogen-bond donors (Lipinski definition) is 2. The van der Waals surface area contributed by atoms with E-state index in [1.54, 1.807) is 27.9 Å². The van der Waals surface area contributed by atoms with Crippen LogP contribution in [0, 0.1) is 17.3 Å². The van der Waals surface area contributed by atoms with Crippen LogP contribution in [0.4, 0.5) is 0 Å². The van der Waals surface area contributed by atoms with Gasteiger partial charge in [-0.2, -0.15) is 0 Å². The number of ketones is 1. The van der Waals surface area contributed by atoms with E-state index in [1.807, 2.05) is 45.1 Å². The molecule has 3 rings (SSSR count). The zero-order valence-electron chi connectivity index (χ0n) is 31.9. The van der Waals surface area contributed by atoms with Crippen molar-refractivity contribution in [1.82, 2.24) is 19.7 Å². The van der Waals surface area contributed by atoms with Crippen molar-refractivity contribution in [1.29, 1.82) is 0 Å². The molecule has 49 heavy (non-hydrogen) atoms. The number of rotatable bonds is 20. The Hall–Kier alpha value is -1.83. The highest BCUT2D eigenvalue weighted by Gasteiger charge is 2.49. The van der Waals surface area contributed by atoms with Crippen LogP contribution in [0.25, 0.3) is 0 Å². The summed E-state index contributed by atoms with van der Waals surface area (Å²) in [5.74, 6) is -0.883. The second-order valence-electron chi connectivity index (χ2n) is 15.6. The summed E-state index contributed by atoms with van der Waals surface area (Å²) in [6.07, 6.45) is 3.69. The molecule has 2 aliphatic rings. The molecule has 1 fully saturated rings. The number of hydrogen-bond acceptors (Lipinski definition) is 11. The number of aldehydes is 1. The predicted molar refractivity (Wildman–Crippen MR) is 191 cm³/mol. The molecule has 0 spiro atoms. The molecular weight excluding hydrogens is 624 g/mol. The minimum Gasteiger partial charge on any atom is -0.395 e. The van der Waals surface area contributed by atoms with E-state index in [-0.39, 0.29) is 36.5 Å². The molecule has 0 aromatic carbocycles. The second kappa shape index (κ2) is 18.6. The molecule has 2 aliphatic heterocycles. The van der Waals surface area contributed by atoms with Crippen molar-refractivity contribution in [3.05, 3.63) is 29.6 Å². The molecule has 0 radical (unpaired) electrons. The smallest absolute Gasteiger partial charge is 0.185 e. The van der Waals surface area contributed by atoms with E-state index >= 15 is 0 Å². The van der Waals surface area contributed by atoms with E-state index < -0.39 is 35.4 Å². The molecule has 0 saturated carbocycles. The third kappa shape index (κ3) is 10.8. The number of pyridine rings is 1. The fourth-order valence-electron chi connectivity index (χ4n) is 7.94. The van der Waals surface area contributed by atoms with Crippen molar-refractivity contribution >= 4 is 12.1 Å². The van der Waals surface area contributed by atoms with Gasteiger partial charge >= 0.3 is 0 Å². The first-order valence-electron chi connectivity index (χ1n) is 18.3. The van der Waals surface area contributed by atoms with Gasteiger partial charge in [-0.3, -0.25) is 19.6 Å². The molecule has 1 saturated heterocycles. The molecule has 2 N–H and O–H groups in total. The number of ether oxygens (including phenoxy) is 3. The van der Waals surface area contributed by atoms with Gasteiger partial charge in [-0.05, 0) is 98.1 Å². The highest BCUT2D eigenvalue weighted by molar-refractivity contribution is 5.98. The number of aliphatic hydroxyl groups excluding tert-OH is 2. The zero-order chi connectivity index (χ0) is 36.5. The van der Waals surface area contributed by atoms with Crippen molar-refractivity contribution in [2.45, 2.75) is 129 Å². The van der Waals surface area contributed by atoms with Gasteiger partial charge in [0.05, 0.1) is 29.8 Å². The van der Waals surface area contributed by atoms with Crippen molar-refractivity contribution in [3.63, 3.8) is 0 Å². The number of carbonyl (C=O) groups excluding carboxylic acids is 2. The van der Waals surface area contributed by atoms with E-state index in [9.17, 15) is 19.8 Å². The number of nitrogens with zero attached hydrogens (tertiary/aromatic N) is 4. The summed E-state index contributed by atoms with van der Waals surface area (Å²) in [5.41, 5.74) is 0.338. The highest BCUT2D eigenvalue weighted by atomic mass is 16.7. The normalized spacial score (nSPS) is 25.8. The molecule has 280 valence electrons. The number of aliphatic hydroxyl groups is 2. The van der Waals surface area contributed by atoms with Crippen LogP contribution in [0.15, 0.2) is 18.3 Å². The van der Waals surface area contributed by atoms with Gasteiger partial charge < -0.3 is 34.1 Å². The molecule has 0 aliphatic carbocycles. The van der Waals surface area contributed by atoms with Crippen LogP contribution in [-0.4, -0.2) is 138 Å². The van der Waals surface area contributed by atoms with Gasteiger partial charge in [-0.15, -0.1) is 0 Å². The number of fused-ring (bicyclic) bond motifs is 1. The van der Waals surface area contributed by atoms with E-state index in [0.29, 0.717) is 19.1 Å². The maximum atomic E-state index is 13.8. The van der Waals surface area contributed by atoms with E-state index in [4.69, 9.17) is 14.2 Å². The van der Waals surface area contributed by atoms with Crippen molar-refractivity contribution in [2.24, 2.45) is 17.3 Å². The van der Waals surface area contributed by atoms with Gasteiger partial charge in [0, 0.05) is 63.1 Å². The van der Waals surface area contributed by atoms with Crippen LogP contribution in [-0.2, 0) is 36.8 Å². The monoisotopic (exact) mass is 690 g/mol. The lowest BCUT2D eigenvalue weighted by molar-refractivity contribution is -0.295. The van der Waals surface area contributed by atoms with Crippen LogP contribution < -0.4 is 0 Å². The lowest BCUT2D eigenvalue weighted by Gasteiger charge is -2.47. The first-order chi connectivity index (χ1) is 23.1. The average Bonchev–Trinajstić information content (AvgIpc) is 3.08. The summed E-state index contributed by atoms with van der Waals surface area (Å²) in [7, 11) is 5.46. The van der Waals surface area contributed by atoms with Crippen LogP contribution in [0.1, 0.15) is 85.4 Å². The number of methoxy groups -OCH3 is 1. The van der Waals surface area contributed by atoms with Crippen LogP contribution >= 0.6 is 0 Å². The van der Waals surface area contributed by atoms with Crippen molar-refractivity contribution in [2.75, 3.05) is 54.0 Å². The third-order valence-corrected chi connectivity index (χ3v) is 10.9. The number of aromatic nitrogens is 1. The Labute approximate surface area is 295 Å². The minimum atomic E-state index is -1.21. The first-order valence-corrected chi connectivity index (χ1v) is 18.3. The van der Waals surface area contributed by atoms with Gasteiger partial charge in [0.2, 0.25) is 0 Å². The molecule has 11 heteroatoms. The summed E-state index contributed by atoms with van der Waals surface area (Å²) in [6.45, 7) is 17.7. The molecule has 0 amide bonds. The van der Waals surface area contributed by atoms with Crippen LogP contribution in [0.2, 0.25) is 0 Å². The Kier molecular flexibility index (Phi) is 15.8. The number of carbonyl (C=O) groups is 2. The summed E-state index contributed by atoms with van der Waals surface area (Å²) in [5, 5.41) is 21.8. The maximum Gasteiger partial charge on any atom is 0.185 e. The molecular formula is C38H66N4O7. The fraction of sp³-hybridized carbons (Fsp3) is 0.816. The molecule has 9 atom stereocenters. The van der Waals surface area contributed by atoms with E-state index in [0.717, 1.165) is 52.0 Å². The fourth-order valence-corrected chi connectivity index (χ4v) is 7.94. The quantitative estimate of drug-likeness (QED) is 0.154. The first kappa shape index (κ1) is 41.6. The van der Waals surface area contributed by atoms with Gasteiger partial charge in [0.15, 0.2) is 12.1 Å². The highest BCUT2D eigenvalue weighted by Crippen LogP contribution is 2.37. The van der Waals surface area contributed by atoms with E-state index in [2.05, 4.69) is 34.7 Å². The Morgan fingerprint density at radius 2 is 1.98 bits per heavy atom. The lowest BCUT2D eigenvalue weighted by atomic mass is 9.74. The lowest BCUT2D eigenvalue weighted by Crippen LogP contribution is -2.59. The maximum absolute atomic E-state index is 13.8. The van der Waals surface area contributed by atoms with Crippen LogP contribution in [0.5, 0.6) is 0 Å².